The lowest BCUT2D eigenvalue weighted by molar-refractivity contribution is -0.145. The number of piperazine rings is 1. The van der Waals surface area contributed by atoms with Crippen molar-refractivity contribution in [2.24, 2.45) is 5.92 Å². The van der Waals surface area contributed by atoms with Crippen molar-refractivity contribution in [2.75, 3.05) is 39.3 Å². The van der Waals surface area contributed by atoms with Crippen LogP contribution in [0.4, 0.5) is 0 Å². The number of benzene rings is 2. The van der Waals surface area contributed by atoms with E-state index in [2.05, 4.69) is 4.90 Å². The van der Waals surface area contributed by atoms with Gasteiger partial charge in [0.1, 0.15) is 6.10 Å². The van der Waals surface area contributed by atoms with Gasteiger partial charge in [0.15, 0.2) is 0 Å². The molecule has 6 rings (SSSR count). The Morgan fingerprint density at radius 3 is 1.79 bits per heavy atom. The summed E-state index contributed by atoms with van der Waals surface area (Å²) in [5, 5.41) is 10.7. The minimum Gasteiger partial charge on any atom is -0.383 e. The van der Waals surface area contributed by atoms with Crippen molar-refractivity contribution in [1.29, 1.82) is 0 Å². The third-order valence-electron chi connectivity index (χ3n) is 9.45. The van der Waals surface area contributed by atoms with Crippen molar-refractivity contribution >= 4 is 11.8 Å². The van der Waals surface area contributed by atoms with E-state index < -0.39 is 6.10 Å². The van der Waals surface area contributed by atoms with Crippen LogP contribution in [-0.2, 0) is 4.79 Å². The number of hydrogen-bond acceptors (Lipinski definition) is 5. The molecule has 2 saturated heterocycles. The third kappa shape index (κ3) is 6.42. The lowest BCUT2D eigenvalue weighted by Crippen LogP contribution is -2.55. The van der Waals surface area contributed by atoms with Crippen LogP contribution >= 0.6 is 0 Å². The van der Waals surface area contributed by atoms with Gasteiger partial charge in [-0.15, -0.1) is 0 Å². The summed E-state index contributed by atoms with van der Waals surface area (Å²) in [5.74, 6) is 0.101. The Morgan fingerprint density at radius 2 is 1.24 bits per heavy atom. The fraction of sp³-hybridized carbons (Fsp3) is 0.457. The van der Waals surface area contributed by atoms with Gasteiger partial charge in [0.25, 0.3) is 11.8 Å². The molecule has 1 aromatic heterocycles. The third-order valence-corrected chi connectivity index (χ3v) is 9.45. The van der Waals surface area contributed by atoms with Crippen LogP contribution in [0, 0.1) is 5.92 Å². The van der Waals surface area contributed by atoms with Crippen LogP contribution in [0.5, 0.6) is 0 Å². The van der Waals surface area contributed by atoms with Gasteiger partial charge in [0.05, 0.1) is 11.4 Å². The molecule has 2 aliphatic heterocycles. The summed E-state index contributed by atoms with van der Waals surface area (Å²) < 4.78 is 0. The predicted molar refractivity (Wildman–Crippen MR) is 165 cm³/mol. The van der Waals surface area contributed by atoms with Gasteiger partial charge < -0.3 is 14.9 Å². The monoisotopic (exact) mass is 566 g/mol. The second-order valence-corrected chi connectivity index (χ2v) is 12.1. The van der Waals surface area contributed by atoms with Crippen LogP contribution < -0.4 is 0 Å². The summed E-state index contributed by atoms with van der Waals surface area (Å²) in [6.45, 7) is 4.43. The van der Waals surface area contributed by atoms with Gasteiger partial charge >= 0.3 is 0 Å². The number of carbonyl (C=O) groups is 2. The number of piperidine rings is 1. The number of amides is 2. The molecule has 3 heterocycles. The maximum Gasteiger partial charge on any atom is 0.254 e. The number of hydrogen-bond donors (Lipinski definition) is 1. The van der Waals surface area contributed by atoms with E-state index in [1.54, 1.807) is 0 Å². The molecule has 220 valence electrons. The molecule has 0 spiro atoms. The smallest absolute Gasteiger partial charge is 0.254 e. The topological polar surface area (TPSA) is 77.0 Å². The van der Waals surface area contributed by atoms with Gasteiger partial charge in [-0.05, 0) is 43.7 Å². The highest BCUT2D eigenvalue weighted by atomic mass is 16.3. The average molecular weight is 567 g/mol. The molecule has 2 amide bonds. The van der Waals surface area contributed by atoms with Crippen LogP contribution in [-0.4, -0.2) is 88.0 Å². The lowest BCUT2D eigenvalue weighted by atomic mass is 9.84. The van der Waals surface area contributed by atoms with Gasteiger partial charge in [0.2, 0.25) is 0 Å². The summed E-state index contributed by atoms with van der Waals surface area (Å²) >= 11 is 0. The zero-order valence-corrected chi connectivity index (χ0v) is 24.4. The van der Waals surface area contributed by atoms with Gasteiger partial charge in [0, 0.05) is 62.0 Å². The molecule has 1 saturated carbocycles. The molecule has 0 bridgehead atoms. The highest BCUT2D eigenvalue weighted by Gasteiger charge is 2.35. The number of aliphatic hydroxyl groups is 1. The Hall–Kier alpha value is -3.55. The molecule has 0 unspecified atom stereocenters. The van der Waals surface area contributed by atoms with E-state index >= 15 is 0 Å². The average Bonchev–Trinajstić information content (AvgIpc) is 3.08. The Bertz CT molecular complexity index is 1290. The van der Waals surface area contributed by atoms with Crippen LogP contribution in [0.3, 0.4) is 0 Å². The van der Waals surface area contributed by atoms with Gasteiger partial charge in [-0.1, -0.05) is 79.9 Å². The lowest BCUT2D eigenvalue weighted by Gasteiger charge is -2.43. The molecular weight excluding hydrogens is 524 g/mol. The zero-order chi connectivity index (χ0) is 28.9. The molecule has 3 aliphatic rings. The van der Waals surface area contributed by atoms with Crippen molar-refractivity contribution in [3.63, 3.8) is 0 Å². The Morgan fingerprint density at radius 1 is 0.690 bits per heavy atom. The Kier molecular flexibility index (Phi) is 8.96. The minimum absolute atomic E-state index is 0.0449. The van der Waals surface area contributed by atoms with Crippen LogP contribution in [0.15, 0.2) is 72.8 Å². The summed E-state index contributed by atoms with van der Waals surface area (Å²) in [6, 6.07) is 24.3. The number of rotatable bonds is 6. The van der Waals surface area contributed by atoms with Crippen LogP contribution in [0.2, 0.25) is 0 Å². The second-order valence-electron chi connectivity index (χ2n) is 12.1. The summed E-state index contributed by atoms with van der Waals surface area (Å²) in [4.78, 5) is 38.0. The van der Waals surface area contributed by atoms with E-state index in [0.29, 0.717) is 37.8 Å². The molecule has 3 aromatic rings. The Labute approximate surface area is 249 Å². The van der Waals surface area contributed by atoms with Crippen LogP contribution in [0.1, 0.15) is 55.3 Å². The maximum atomic E-state index is 13.8. The minimum atomic E-state index is -0.839. The molecule has 42 heavy (non-hydrogen) atoms. The van der Waals surface area contributed by atoms with Crippen molar-refractivity contribution < 1.29 is 14.7 Å². The molecule has 0 radical (unpaired) electrons. The van der Waals surface area contributed by atoms with Crippen molar-refractivity contribution in [3.05, 3.63) is 78.4 Å². The Balaban J connectivity index is 1.07. The number of aromatic nitrogens is 1. The van der Waals surface area contributed by atoms with E-state index in [1.807, 2.05) is 82.6 Å². The summed E-state index contributed by atoms with van der Waals surface area (Å²) in [5.41, 5.74) is 4.25. The number of carbonyl (C=O) groups excluding carboxylic acids is 2. The number of aliphatic hydroxyl groups excluding tert-OH is 1. The number of pyridine rings is 1. The van der Waals surface area contributed by atoms with Crippen molar-refractivity contribution in [1.82, 2.24) is 19.7 Å². The molecule has 7 heteroatoms. The fourth-order valence-corrected chi connectivity index (χ4v) is 6.93. The molecule has 1 N–H and O–H groups in total. The standard InChI is InChI=1S/C35H42N4O3/c40-33(28-14-8-3-9-15-28)35(42)38-18-16-30(17-19-38)37-20-22-39(23-21-37)34(41)29-24-31(26-10-4-1-5-11-26)36-32(25-29)27-12-6-2-7-13-27/h1-2,4-7,10-13,24-25,28,30,33,40H,3,8-9,14-23H2/t33-/m0/s1. The van der Waals surface area contributed by atoms with Crippen LogP contribution in [0.25, 0.3) is 22.5 Å². The van der Waals surface area contributed by atoms with E-state index in [-0.39, 0.29) is 17.7 Å². The number of likely N-dealkylation sites (tertiary alicyclic amines) is 1. The largest absolute Gasteiger partial charge is 0.383 e. The first-order valence-electron chi connectivity index (χ1n) is 15.7. The fourth-order valence-electron chi connectivity index (χ4n) is 6.93. The molecule has 1 atom stereocenters. The van der Waals surface area contributed by atoms with E-state index in [4.69, 9.17) is 4.98 Å². The van der Waals surface area contributed by atoms with Crippen molar-refractivity contribution in [3.8, 4) is 22.5 Å². The first-order valence-corrected chi connectivity index (χ1v) is 15.7. The van der Waals surface area contributed by atoms with E-state index in [0.717, 1.165) is 74.1 Å². The first kappa shape index (κ1) is 28.6. The highest BCUT2D eigenvalue weighted by Crippen LogP contribution is 2.29. The van der Waals surface area contributed by atoms with Gasteiger partial charge in [-0.2, -0.15) is 0 Å². The highest BCUT2D eigenvalue weighted by molar-refractivity contribution is 5.96. The normalized spacial score (nSPS) is 19.9. The van der Waals surface area contributed by atoms with Crippen molar-refractivity contribution in [2.45, 2.75) is 57.1 Å². The van der Waals surface area contributed by atoms with E-state index in [9.17, 15) is 14.7 Å². The SMILES string of the molecule is O=C(c1cc(-c2ccccc2)nc(-c2ccccc2)c1)N1CCN(C2CCN(C(=O)[C@@H](O)C3CCCCC3)CC2)CC1. The second kappa shape index (κ2) is 13.2. The molecule has 2 aromatic carbocycles. The molecule has 3 fully saturated rings. The summed E-state index contributed by atoms with van der Waals surface area (Å²) in [6.07, 6.45) is 6.39. The van der Waals surface area contributed by atoms with E-state index in [1.165, 1.54) is 6.42 Å². The quantitative estimate of drug-likeness (QED) is 0.449. The number of nitrogens with zero attached hydrogens (tertiary/aromatic N) is 4. The molecular formula is C35H42N4O3. The molecule has 1 aliphatic carbocycles. The van der Waals surface area contributed by atoms with Gasteiger partial charge in [-0.3, -0.25) is 14.5 Å². The molecule has 7 nitrogen and oxygen atoms in total. The summed E-state index contributed by atoms with van der Waals surface area (Å²) in [7, 11) is 0. The maximum absolute atomic E-state index is 13.8. The zero-order valence-electron chi connectivity index (χ0n) is 24.4. The predicted octanol–water partition coefficient (Wildman–Crippen LogP) is 5.11. The van der Waals surface area contributed by atoms with Gasteiger partial charge in [-0.25, -0.2) is 4.98 Å². The first-order chi connectivity index (χ1) is 20.6.